The zero-order valence-corrected chi connectivity index (χ0v) is 14.4. The summed E-state index contributed by atoms with van der Waals surface area (Å²) in [5, 5.41) is 15.7. The molecule has 3 unspecified atom stereocenters. The van der Waals surface area contributed by atoms with Crippen LogP contribution in [0, 0.1) is 0 Å². The molecular formula is C19H24N2O4. The topological polar surface area (TPSA) is 91.6 Å². The number of carbonyl (C=O) groups excluding carboxylic acids is 2. The third kappa shape index (κ3) is 6.08. The number of nitrogens with one attached hydrogen (secondary N) is 2. The molecule has 3 N–H and O–H groups in total. The van der Waals surface area contributed by atoms with Crippen LogP contribution in [0.15, 0.2) is 53.1 Å². The van der Waals surface area contributed by atoms with Crippen molar-refractivity contribution in [2.75, 3.05) is 0 Å². The number of carbonyl (C=O) groups is 2. The molecule has 1 aromatic heterocycles. The molecule has 1 heterocycles. The second-order valence-corrected chi connectivity index (χ2v) is 6.10. The highest BCUT2D eigenvalue weighted by Crippen LogP contribution is 2.20. The Hall–Kier alpha value is -2.60. The largest absolute Gasteiger partial charge is 0.467 e. The second-order valence-electron chi connectivity index (χ2n) is 6.10. The van der Waals surface area contributed by atoms with E-state index in [0.29, 0.717) is 12.2 Å². The zero-order valence-electron chi connectivity index (χ0n) is 14.4. The van der Waals surface area contributed by atoms with E-state index in [2.05, 4.69) is 10.6 Å². The molecule has 0 saturated heterocycles. The van der Waals surface area contributed by atoms with Crippen LogP contribution in [0.5, 0.6) is 0 Å². The third-order valence-electron chi connectivity index (χ3n) is 3.82. The SMILES string of the molecule is CC(=O)NC(CC(=O)NC(C)CC(O)c1ccco1)c1ccccc1. The van der Waals surface area contributed by atoms with E-state index >= 15 is 0 Å². The van der Waals surface area contributed by atoms with Gasteiger partial charge in [0, 0.05) is 19.4 Å². The fourth-order valence-electron chi connectivity index (χ4n) is 2.69. The van der Waals surface area contributed by atoms with Gasteiger partial charge >= 0.3 is 0 Å². The number of rotatable bonds is 8. The Bertz CT molecular complexity index is 670. The summed E-state index contributed by atoms with van der Waals surface area (Å²) >= 11 is 0. The van der Waals surface area contributed by atoms with Crippen molar-refractivity contribution in [3.05, 3.63) is 60.1 Å². The van der Waals surface area contributed by atoms with Crippen LogP contribution in [0.25, 0.3) is 0 Å². The van der Waals surface area contributed by atoms with Crippen LogP contribution in [-0.2, 0) is 9.59 Å². The summed E-state index contributed by atoms with van der Waals surface area (Å²) in [4.78, 5) is 23.7. The number of hydrogen-bond acceptors (Lipinski definition) is 4. The summed E-state index contributed by atoms with van der Waals surface area (Å²) in [7, 11) is 0. The smallest absolute Gasteiger partial charge is 0.222 e. The fourth-order valence-corrected chi connectivity index (χ4v) is 2.69. The van der Waals surface area contributed by atoms with Gasteiger partial charge in [0.25, 0.3) is 0 Å². The Balaban J connectivity index is 1.90. The summed E-state index contributed by atoms with van der Waals surface area (Å²) in [5.41, 5.74) is 0.871. The van der Waals surface area contributed by atoms with Crippen molar-refractivity contribution in [1.82, 2.24) is 10.6 Å². The van der Waals surface area contributed by atoms with E-state index in [1.54, 1.807) is 12.1 Å². The van der Waals surface area contributed by atoms with E-state index in [4.69, 9.17) is 4.42 Å². The zero-order chi connectivity index (χ0) is 18.2. The normalized spacial score (nSPS) is 14.4. The molecule has 2 amide bonds. The Morgan fingerprint density at radius 2 is 1.84 bits per heavy atom. The first-order chi connectivity index (χ1) is 12.0. The van der Waals surface area contributed by atoms with Crippen molar-refractivity contribution in [1.29, 1.82) is 0 Å². The monoisotopic (exact) mass is 344 g/mol. The Kier molecular flexibility index (Phi) is 6.77. The van der Waals surface area contributed by atoms with E-state index in [1.165, 1.54) is 13.2 Å². The van der Waals surface area contributed by atoms with Gasteiger partial charge in [0.1, 0.15) is 11.9 Å². The summed E-state index contributed by atoms with van der Waals surface area (Å²) in [6.07, 6.45) is 1.20. The lowest BCUT2D eigenvalue weighted by molar-refractivity contribution is -0.123. The number of hydrogen-bond donors (Lipinski definition) is 3. The molecule has 134 valence electrons. The average molecular weight is 344 g/mol. The van der Waals surface area contributed by atoms with Crippen LogP contribution in [-0.4, -0.2) is 23.0 Å². The lowest BCUT2D eigenvalue weighted by Gasteiger charge is -2.21. The van der Waals surface area contributed by atoms with Crippen molar-refractivity contribution in [2.45, 2.75) is 44.9 Å². The number of aliphatic hydroxyl groups is 1. The highest BCUT2D eigenvalue weighted by atomic mass is 16.4. The summed E-state index contributed by atoms with van der Waals surface area (Å²) in [5.74, 6) is 0.0891. The van der Waals surface area contributed by atoms with Crippen LogP contribution < -0.4 is 10.6 Å². The lowest BCUT2D eigenvalue weighted by Crippen LogP contribution is -2.37. The molecule has 0 spiro atoms. The maximum Gasteiger partial charge on any atom is 0.222 e. The molecular weight excluding hydrogens is 320 g/mol. The molecule has 2 rings (SSSR count). The van der Waals surface area contributed by atoms with Gasteiger partial charge in [0.2, 0.25) is 11.8 Å². The standard InChI is InChI=1S/C19H24N2O4/c1-13(11-17(23)18-9-6-10-25-18)20-19(24)12-16(21-14(2)22)15-7-4-3-5-8-15/h3-10,13,16-17,23H,11-12H2,1-2H3,(H,20,24)(H,21,22). The van der Waals surface area contributed by atoms with E-state index in [-0.39, 0.29) is 30.3 Å². The quantitative estimate of drug-likeness (QED) is 0.686. The molecule has 6 heteroatoms. The van der Waals surface area contributed by atoms with Crippen LogP contribution in [0.3, 0.4) is 0 Å². The minimum atomic E-state index is -0.773. The molecule has 25 heavy (non-hydrogen) atoms. The van der Waals surface area contributed by atoms with Crippen LogP contribution in [0.1, 0.15) is 50.2 Å². The van der Waals surface area contributed by atoms with E-state index in [1.807, 2.05) is 37.3 Å². The predicted molar refractivity (Wildman–Crippen MR) is 93.5 cm³/mol. The maximum atomic E-state index is 12.3. The van der Waals surface area contributed by atoms with Crippen LogP contribution >= 0.6 is 0 Å². The minimum absolute atomic E-state index is 0.130. The van der Waals surface area contributed by atoms with Gasteiger partial charge in [-0.05, 0) is 24.6 Å². The Morgan fingerprint density at radius 1 is 1.12 bits per heavy atom. The van der Waals surface area contributed by atoms with E-state index in [0.717, 1.165) is 5.56 Å². The minimum Gasteiger partial charge on any atom is -0.467 e. The molecule has 3 atom stereocenters. The third-order valence-corrected chi connectivity index (χ3v) is 3.82. The van der Waals surface area contributed by atoms with Gasteiger partial charge in [-0.3, -0.25) is 9.59 Å². The second kappa shape index (κ2) is 9.03. The molecule has 0 aliphatic heterocycles. The van der Waals surface area contributed by atoms with Crippen molar-refractivity contribution in [3.63, 3.8) is 0 Å². The fraction of sp³-hybridized carbons (Fsp3) is 0.368. The summed E-state index contributed by atoms with van der Waals surface area (Å²) < 4.78 is 5.16. The van der Waals surface area contributed by atoms with Gasteiger partial charge < -0.3 is 20.2 Å². The average Bonchev–Trinajstić information content (AvgIpc) is 3.09. The molecule has 0 saturated carbocycles. The van der Waals surface area contributed by atoms with Crippen molar-refractivity contribution in [2.24, 2.45) is 0 Å². The molecule has 0 bridgehead atoms. The Morgan fingerprint density at radius 3 is 2.44 bits per heavy atom. The number of furan rings is 1. The molecule has 0 aliphatic carbocycles. The first-order valence-electron chi connectivity index (χ1n) is 8.28. The van der Waals surface area contributed by atoms with Gasteiger partial charge in [0.05, 0.1) is 18.7 Å². The summed E-state index contributed by atoms with van der Waals surface area (Å²) in [6.45, 7) is 3.25. The predicted octanol–water partition coefficient (Wildman–Crippen LogP) is 2.48. The molecule has 6 nitrogen and oxygen atoms in total. The molecule has 0 radical (unpaired) electrons. The molecule has 0 aliphatic rings. The molecule has 0 fully saturated rings. The molecule has 1 aromatic carbocycles. The highest BCUT2D eigenvalue weighted by Gasteiger charge is 2.20. The van der Waals surface area contributed by atoms with Crippen molar-refractivity contribution < 1.29 is 19.1 Å². The first-order valence-corrected chi connectivity index (χ1v) is 8.28. The van der Waals surface area contributed by atoms with Crippen LogP contribution in [0.2, 0.25) is 0 Å². The van der Waals surface area contributed by atoms with Gasteiger partial charge in [-0.1, -0.05) is 30.3 Å². The number of amides is 2. The van der Waals surface area contributed by atoms with Crippen molar-refractivity contribution >= 4 is 11.8 Å². The van der Waals surface area contributed by atoms with E-state index < -0.39 is 6.10 Å². The lowest BCUT2D eigenvalue weighted by atomic mass is 10.0. The van der Waals surface area contributed by atoms with Gasteiger partial charge in [0.15, 0.2) is 0 Å². The Labute approximate surface area is 147 Å². The molecule has 2 aromatic rings. The van der Waals surface area contributed by atoms with Gasteiger partial charge in [-0.15, -0.1) is 0 Å². The number of aliphatic hydroxyl groups excluding tert-OH is 1. The summed E-state index contributed by atoms with van der Waals surface area (Å²) in [6, 6.07) is 12.1. The number of benzene rings is 1. The van der Waals surface area contributed by atoms with Crippen LogP contribution in [0.4, 0.5) is 0 Å². The maximum absolute atomic E-state index is 12.3. The van der Waals surface area contributed by atoms with Gasteiger partial charge in [-0.2, -0.15) is 0 Å². The highest BCUT2D eigenvalue weighted by molar-refractivity contribution is 5.79. The van der Waals surface area contributed by atoms with Crippen molar-refractivity contribution in [3.8, 4) is 0 Å². The van der Waals surface area contributed by atoms with E-state index in [9.17, 15) is 14.7 Å². The van der Waals surface area contributed by atoms with Gasteiger partial charge in [-0.25, -0.2) is 0 Å². The first kappa shape index (κ1) is 18.7.